The first-order chi connectivity index (χ1) is 10.2. The lowest BCUT2D eigenvalue weighted by Gasteiger charge is -2.31. The Kier molecular flexibility index (Phi) is 4.44. The molecule has 2 aliphatic heterocycles. The minimum atomic E-state index is 0.0846. The zero-order valence-corrected chi connectivity index (χ0v) is 12.6. The number of para-hydroxylation sites is 1. The Balaban J connectivity index is 1.60. The molecule has 2 heterocycles. The zero-order valence-electron chi connectivity index (χ0n) is 12.6. The highest BCUT2D eigenvalue weighted by Gasteiger charge is 2.26. The summed E-state index contributed by atoms with van der Waals surface area (Å²) in [6, 6.07) is 8.38. The molecule has 0 spiro atoms. The maximum atomic E-state index is 12.3. The molecule has 1 amide bonds. The van der Waals surface area contributed by atoms with Crippen LogP contribution in [0, 0.1) is 5.92 Å². The molecular weight excluding hydrogens is 264 g/mol. The summed E-state index contributed by atoms with van der Waals surface area (Å²) >= 11 is 0. The van der Waals surface area contributed by atoms with Crippen molar-refractivity contribution in [3.63, 3.8) is 0 Å². The lowest BCUT2D eigenvalue weighted by molar-refractivity contribution is -0.122. The Morgan fingerprint density at radius 3 is 3.10 bits per heavy atom. The lowest BCUT2D eigenvalue weighted by Crippen LogP contribution is -2.44. The van der Waals surface area contributed by atoms with Gasteiger partial charge in [-0.25, -0.2) is 0 Å². The summed E-state index contributed by atoms with van der Waals surface area (Å²) in [6.07, 6.45) is 3.84. The van der Waals surface area contributed by atoms with E-state index in [0.29, 0.717) is 25.0 Å². The first-order valence-electron chi connectivity index (χ1n) is 7.98. The van der Waals surface area contributed by atoms with E-state index in [4.69, 9.17) is 4.74 Å². The maximum Gasteiger partial charge on any atom is 0.222 e. The predicted molar refractivity (Wildman–Crippen MR) is 82.2 cm³/mol. The van der Waals surface area contributed by atoms with Gasteiger partial charge in [-0.1, -0.05) is 25.1 Å². The van der Waals surface area contributed by atoms with Crippen molar-refractivity contribution in [2.24, 2.45) is 5.92 Å². The van der Waals surface area contributed by atoms with Crippen molar-refractivity contribution in [1.29, 1.82) is 0 Å². The van der Waals surface area contributed by atoms with E-state index >= 15 is 0 Å². The van der Waals surface area contributed by atoms with Crippen molar-refractivity contribution in [3.8, 4) is 5.75 Å². The van der Waals surface area contributed by atoms with Crippen LogP contribution in [0.1, 0.15) is 44.2 Å². The summed E-state index contributed by atoms with van der Waals surface area (Å²) in [5.74, 6) is 1.62. The minimum absolute atomic E-state index is 0.0846. The van der Waals surface area contributed by atoms with E-state index in [-0.39, 0.29) is 11.9 Å². The molecule has 3 atom stereocenters. The van der Waals surface area contributed by atoms with E-state index in [1.54, 1.807) is 0 Å². The van der Waals surface area contributed by atoms with Crippen molar-refractivity contribution in [2.75, 3.05) is 13.2 Å². The fourth-order valence-corrected chi connectivity index (χ4v) is 3.33. The largest absolute Gasteiger partial charge is 0.493 e. The van der Waals surface area contributed by atoms with Crippen LogP contribution in [0.4, 0.5) is 0 Å². The molecule has 4 nitrogen and oxygen atoms in total. The van der Waals surface area contributed by atoms with Gasteiger partial charge in [-0.3, -0.25) is 4.79 Å². The SMILES string of the molecule is CC1CCCNC1CC(=O)NC1CCOc2ccccc21. The number of piperidine rings is 1. The normalized spacial score (nSPS) is 28.3. The van der Waals surface area contributed by atoms with Gasteiger partial charge in [-0.15, -0.1) is 0 Å². The summed E-state index contributed by atoms with van der Waals surface area (Å²) in [5.41, 5.74) is 1.10. The average molecular weight is 288 g/mol. The predicted octanol–water partition coefficient (Wildman–Crippen LogP) is 2.40. The number of fused-ring (bicyclic) bond motifs is 1. The molecule has 1 fully saturated rings. The molecule has 21 heavy (non-hydrogen) atoms. The standard InChI is InChI=1S/C17H24N2O2/c1-12-5-4-9-18-15(12)11-17(20)19-14-8-10-21-16-7-3-2-6-13(14)16/h2-3,6-7,12,14-15,18H,4-5,8-11H2,1H3,(H,19,20). The van der Waals surface area contributed by atoms with Crippen LogP contribution in [-0.4, -0.2) is 25.1 Å². The molecule has 0 bridgehead atoms. The van der Waals surface area contributed by atoms with Gasteiger partial charge in [0.15, 0.2) is 0 Å². The Morgan fingerprint density at radius 1 is 1.38 bits per heavy atom. The fourth-order valence-electron chi connectivity index (χ4n) is 3.33. The van der Waals surface area contributed by atoms with Crippen LogP contribution in [0.2, 0.25) is 0 Å². The van der Waals surface area contributed by atoms with Gasteiger partial charge in [-0.2, -0.15) is 0 Å². The Hall–Kier alpha value is -1.55. The quantitative estimate of drug-likeness (QED) is 0.898. The second-order valence-corrected chi connectivity index (χ2v) is 6.18. The minimum Gasteiger partial charge on any atom is -0.493 e. The summed E-state index contributed by atoms with van der Waals surface area (Å²) in [4.78, 5) is 12.3. The average Bonchev–Trinajstić information content (AvgIpc) is 2.50. The molecule has 1 saturated heterocycles. The maximum absolute atomic E-state index is 12.3. The first kappa shape index (κ1) is 14.4. The van der Waals surface area contributed by atoms with Gasteiger partial charge < -0.3 is 15.4 Å². The number of ether oxygens (including phenoxy) is 1. The van der Waals surface area contributed by atoms with Gasteiger partial charge in [0, 0.05) is 24.4 Å². The molecule has 3 rings (SSSR count). The van der Waals surface area contributed by atoms with Crippen molar-refractivity contribution in [3.05, 3.63) is 29.8 Å². The topological polar surface area (TPSA) is 50.4 Å². The summed E-state index contributed by atoms with van der Waals surface area (Å²) in [5, 5.41) is 6.65. The number of hydrogen-bond acceptors (Lipinski definition) is 3. The first-order valence-corrected chi connectivity index (χ1v) is 7.98. The Morgan fingerprint density at radius 2 is 2.24 bits per heavy atom. The summed E-state index contributed by atoms with van der Waals surface area (Å²) in [6.45, 7) is 3.93. The number of nitrogens with one attached hydrogen (secondary N) is 2. The molecule has 1 aromatic carbocycles. The van der Waals surface area contributed by atoms with Gasteiger partial charge in [0.05, 0.1) is 12.6 Å². The van der Waals surface area contributed by atoms with Gasteiger partial charge in [0.25, 0.3) is 0 Å². The molecule has 2 aliphatic rings. The molecule has 0 radical (unpaired) electrons. The highest BCUT2D eigenvalue weighted by Crippen LogP contribution is 2.31. The highest BCUT2D eigenvalue weighted by atomic mass is 16.5. The number of amides is 1. The molecule has 0 aliphatic carbocycles. The van der Waals surface area contributed by atoms with Gasteiger partial charge in [0.1, 0.15) is 5.75 Å². The van der Waals surface area contributed by atoms with Gasteiger partial charge in [0.2, 0.25) is 5.91 Å². The number of carbonyl (C=O) groups is 1. The monoisotopic (exact) mass is 288 g/mol. The summed E-state index contributed by atoms with van der Waals surface area (Å²) < 4.78 is 5.64. The van der Waals surface area contributed by atoms with Crippen LogP contribution in [0.25, 0.3) is 0 Å². The van der Waals surface area contributed by atoms with Crippen molar-refractivity contribution in [1.82, 2.24) is 10.6 Å². The molecule has 0 saturated carbocycles. The lowest BCUT2D eigenvalue weighted by atomic mass is 9.90. The number of hydrogen-bond donors (Lipinski definition) is 2. The van der Waals surface area contributed by atoms with E-state index in [1.165, 1.54) is 12.8 Å². The molecule has 114 valence electrons. The fraction of sp³-hybridized carbons (Fsp3) is 0.588. The molecule has 0 aromatic heterocycles. The van der Waals surface area contributed by atoms with Gasteiger partial charge >= 0.3 is 0 Å². The molecule has 2 N–H and O–H groups in total. The second-order valence-electron chi connectivity index (χ2n) is 6.18. The Labute approximate surface area is 126 Å². The third-order valence-electron chi connectivity index (χ3n) is 4.63. The highest BCUT2D eigenvalue weighted by molar-refractivity contribution is 5.77. The Bertz CT molecular complexity index is 503. The van der Waals surface area contributed by atoms with Gasteiger partial charge in [-0.05, 0) is 31.4 Å². The molecule has 3 unspecified atom stereocenters. The second kappa shape index (κ2) is 6.48. The smallest absolute Gasteiger partial charge is 0.222 e. The van der Waals surface area contributed by atoms with Crippen LogP contribution < -0.4 is 15.4 Å². The van der Waals surface area contributed by atoms with E-state index in [0.717, 1.165) is 24.3 Å². The third-order valence-corrected chi connectivity index (χ3v) is 4.63. The number of carbonyl (C=O) groups excluding carboxylic acids is 1. The molecular formula is C17H24N2O2. The molecule has 1 aromatic rings. The molecule has 4 heteroatoms. The van der Waals surface area contributed by atoms with E-state index < -0.39 is 0 Å². The van der Waals surface area contributed by atoms with Crippen LogP contribution in [0.3, 0.4) is 0 Å². The van der Waals surface area contributed by atoms with E-state index in [1.807, 2.05) is 24.3 Å². The van der Waals surface area contributed by atoms with Crippen LogP contribution in [0.5, 0.6) is 5.75 Å². The zero-order chi connectivity index (χ0) is 14.7. The number of benzene rings is 1. The van der Waals surface area contributed by atoms with Crippen LogP contribution in [-0.2, 0) is 4.79 Å². The van der Waals surface area contributed by atoms with E-state index in [2.05, 4.69) is 17.6 Å². The third kappa shape index (κ3) is 3.38. The van der Waals surface area contributed by atoms with Crippen molar-refractivity contribution >= 4 is 5.91 Å². The van der Waals surface area contributed by atoms with Crippen molar-refractivity contribution in [2.45, 2.75) is 44.7 Å². The summed E-state index contributed by atoms with van der Waals surface area (Å²) in [7, 11) is 0. The van der Waals surface area contributed by atoms with Crippen LogP contribution >= 0.6 is 0 Å². The van der Waals surface area contributed by atoms with E-state index in [9.17, 15) is 4.79 Å². The van der Waals surface area contributed by atoms with Crippen molar-refractivity contribution < 1.29 is 9.53 Å². The number of rotatable bonds is 3. The van der Waals surface area contributed by atoms with Crippen LogP contribution in [0.15, 0.2) is 24.3 Å².